The van der Waals surface area contributed by atoms with Crippen molar-refractivity contribution < 1.29 is 13.2 Å². The maximum atomic E-state index is 12.2. The summed E-state index contributed by atoms with van der Waals surface area (Å²) in [4.78, 5) is 25.2. The number of hydrogen-bond donors (Lipinski definition) is 2. The van der Waals surface area contributed by atoms with Crippen molar-refractivity contribution >= 4 is 21.8 Å². The van der Waals surface area contributed by atoms with Crippen LogP contribution in [-0.4, -0.2) is 41.2 Å². The molecule has 3 aromatic rings. The van der Waals surface area contributed by atoms with Gasteiger partial charge >= 0.3 is 0 Å². The molecule has 0 radical (unpaired) electrons. The number of carbonyl (C=O) groups is 1. The van der Waals surface area contributed by atoms with Crippen LogP contribution in [0.2, 0.25) is 0 Å². The molecule has 2 N–H and O–H groups in total. The standard InChI is InChI=1S/C20H20N6O3S/c1-14-21-10-11-26(14)18-12-15(6-8-22-18)13-24-19(27)7-9-23-20-16-4-2-3-5-17(16)30(28,29)25-20/h2-6,8,10-12H,7,9,13H2,1H3,(H,23,25)(H,24,27). The molecule has 3 heterocycles. The Morgan fingerprint density at radius 2 is 2.03 bits per heavy atom. The van der Waals surface area contributed by atoms with Gasteiger partial charge in [-0.05, 0) is 36.8 Å². The van der Waals surface area contributed by atoms with Gasteiger partial charge in [0.1, 0.15) is 17.5 Å². The van der Waals surface area contributed by atoms with Gasteiger partial charge in [0.15, 0.2) is 0 Å². The van der Waals surface area contributed by atoms with Crippen molar-refractivity contribution in [2.75, 3.05) is 6.54 Å². The number of amides is 1. The van der Waals surface area contributed by atoms with Crippen molar-refractivity contribution in [3.63, 3.8) is 0 Å². The van der Waals surface area contributed by atoms with Crippen molar-refractivity contribution in [3.05, 3.63) is 71.9 Å². The van der Waals surface area contributed by atoms with Gasteiger partial charge in [-0.3, -0.25) is 19.1 Å². The molecule has 9 nitrogen and oxygen atoms in total. The van der Waals surface area contributed by atoms with Crippen LogP contribution in [0.15, 0.2) is 64.9 Å². The number of amidine groups is 1. The molecule has 0 saturated carbocycles. The van der Waals surface area contributed by atoms with Gasteiger partial charge < -0.3 is 5.32 Å². The van der Waals surface area contributed by atoms with Crippen LogP contribution in [0, 0.1) is 6.92 Å². The largest absolute Gasteiger partial charge is 0.352 e. The predicted molar refractivity (Wildman–Crippen MR) is 111 cm³/mol. The van der Waals surface area contributed by atoms with Crippen LogP contribution >= 0.6 is 0 Å². The Hall–Kier alpha value is -3.53. The van der Waals surface area contributed by atoms with Crippen LogP contribution < -0.4 is 10.0 Å². The van der Waals surface area contributed by atoms with Gasteiger partial charge in [0.05, 0.1) is 11.4 Å². The van der Waals surface area contributed by atoms with Crippen LogP contribution in [0.1, 0.15) is 23.4 Å². The van der Waals surface area contributed by atoms with Gasteiger partial charge in [0, 0.05) is 37.1 Å². The van der Waals surface area contributed by atoms with Crippen molar-refractivity contribution in [1.82, 2.24) is 24.6 Å². The van der Waals surface area contributed by atoms with Crippen molar-refractivity contribution in [3.8, 4) is 5.82 Å². The van der Waals surface area contributed by atoms with E-state index in [0.29, 0.717) is 12.1 Å². The fraction of sp³-hybridized carbons (Fsp3) is 0.200. The highest BCUT2D eigenvalue weighted by Gasteiger charge is 2.29. The lowest BCUT2D eigenvalue weighted by molar-refractivity contribution is -0.121. The van der Waals surface area contributed by atoms with E-state index in [9.17, 15) is 13.2 Å². The van der Waals surface area contributed by atoms with Gasteiger partial charge in [-0.1, -0.05) is 12.1 Å². The molecule has 0 aliphatic carbocycles. The van der Waals surface area contributed by atoms with Gasteiger partial charge in [0.25, 0.3) is 10.0 Å². The van der Waals surface area contributed by atoms with Gasteiger partial charge in [-0.2, -0.15) is 0 Å². The summed E-state index contributed by atoms with van der Waals surface area (Å²) in [6.45, 7) is 2.42. The second kappa shape index (κ2) is 8.07. The Morgan fingerprint density at radius 1 is 1.20 bits per heavy atom. The summed E-state index contributed by atoms with van der Waals surface area (Å²) in [7, 11) is -3.57. The molecule has 2 aromatic heterocycles. The van der Waals surface area contributed by atoms with E-state index in [2.05, 4.69) is 25.0 Å². The fourth-order valence-corrected chi connectivity index (χ4v) is 4.38. The first-order valence-electron chi connectivity index (χ1n) is 9.33. The van der Waals surface area contributed by atoms with Crippen LogP contribution in [0.4, 0.5) is 0 Å². The first-order chi connectivity index (χ1) is 14.4. The third-order valence-electron chi connectivity index (χ3n) is 4.64. The molecule has 1 aliphatic rings. The first kappa shape index (κ1) is 19.8. The normalized spacial score (nSPS) is 15.6. The van der Waals surface area contributed by atoms with Crippen molar-refractivity contribution in [2.24, 2.45) is 4.99 Å². The number of sulfonamides is 1. The minimum atomic E-state index is -3.57. The zero-order chi connectivity index (χ0) is 21.1. The molecule has 1 aliphatic heterocycles. The fourth-order valence-electron chi connectivity index (χ4n) is 3.13. The maximum Gasteiger partial charge on any atom is 0.263 e. The molecule has 0 bridgehead atoms. The number of aromatic nitrogens is 3. The number of rotatable bonds is 6. The van der Waals surface area contributed by atoms with E-state index in [1.54, 1.807) is 30.6 Å². The number of imidazole rings is 1. The molecule has 1 amide bonds. The summed E-state index contributed by atoms with van der Waals surface area (Å²) in [5.41, 5.74) is 1.43. The number of aliphatic imine (C=N–C) groups is 1. The predicted octanol–water partition coefficient (Wildman–Crippen LogP) is 1.32. The number of benzene rings is 1. The van der Waals surface area contributed by atoms with Gasteiger partial charge in [0.2, 0.25) is 5.91 Å². The Morgan fingerprint density at radius 3 is 2.83 bits per heavy atom. The summed E-state index contributed by atoms with van der Waals surface area (Å²) in [5.74, 6) is 1.65. The van der Waals surface area contributed by atoms with E-state index in [4.69, 9.17) is 0 Å². The Balaban J connectivity index is 1.34. The summed E-state index contributed by atoms with van der Waals surface area (Å²) in [6, 6.07) is 10.3. The van der Waals surface area contributed by atoms with Crippen LogP contribution in [-0.2, 0) is 21.4 Å². The van der Waals surface area contributed by atoms with E-state index in [0.717, 1.165) is 17.2 Å². The molecule has 30 heavy (non-hydrogen) atoms. The number of pyridine rings is 1. The van der Waals surface area contributed by atoms with Crippen molar-refractivity contribution in [1.29, 1.82) is 0 Å². The molecular formula is C20H20N6O3S. The molecule has 10 heteroatoms. The van der Waals surface area contributed by atoms with Crippen LogP contribution in [0.3, 0.4) is 0 Å². The molecule has 0 atom stereocenters. The van der Waals surface area contributed by atoms with E-state index in [-0.39, 0.29) is 29.6 Å². The summed E-state index contributed by atoms with van der Waals surface area (Å²) >= 11 is 0. The topological polar surface area (TPSA) is 118 Å². The minimum absolute atomic E-state index is 0.145. The molecule has 0 spiro atoms. The van der Waals surface area contributed by atoms with Crippen LogP contribution in [0.25, 0.3) is 5.82 Å². The summed E-state index contributed by atoms with van der Waals surface area (Å²) in [5, 5.41) is 2.85. The highest BCUT2D eigenvalue weighted by atomic mass is 32.2. The zero-order valence-corrected chi connectivity index (χ0v) is 17.1. The molecule has 4 rings (SSSR count). The number of fused-ring (bicyclic) bond motifs is 1. The average molecular weight is 424 g/mol. The second-order valence-corrected chi connectivity index (χ2v) is 8.38. The number of hydrogen-bond acceptors (Lipinski definition) is 6. The number of nitrogens with zero attached hydrogens (tertiary/aromatic N) is 4. The Labute approximate surface area is 174 Å². The SMILES string of the molecule is Cc1nccn1-c1cc(CNC(=O)CCN=C2NS(=O)(=O)c3ccccc32)ccn1. The first-order valence-corrected chi connectivity index (χ1v) is 10.8. The molecular weight excluding hydrogens is 404 g/mol. The summed E-state index contributed by atoms with van der Waals surface area (Å²) < 4.78 is 28.4. The van der Waals surface area contributed by atoms with E-state index < -0.39 is 10.0 Å². The number of carbonyl (C=O) groups excluding carboxylic acids is 1. The maximum absolute atomic E-state index is 12.2. The average Bonchev–Trinajstić information content (AvgIpc) is 3.28. The molecule has 0 unspecified atom stereocenters. The lowest BCUT2D eigenvalue weighted by Gasteiger charge is -2.08. The number of nitrogens with one attached hydrogen (secondary N) is 2. The zero-order valence-electron chi connectivity index (χ0n) is 16.2. The van der Waals surface area contributed by atoms with Crippen molar-refractivity contribution in [2.45, 2.75) is 24.8 Å². The molecule has 0 fully saturated rings. The van der Waals surface area contributed by atoms with Gasteiger partial charge in [-0.25, -0.2) is 18.4 Å². The monoisotopic (exact) mass is 424 g/mol. The highest BCUT2D eigenvalue weighted by Crippen LogP contribution is 2.22. The Bertz CT molecular complexity index is 1230. The smallest absolute Gasteiger partial charge is 0.263 e. The second-order valence-electron chi connectivity index (χ2n) is 6.73. The third-order valence-corrected chi connectivity index (χ3v) is 6.04. The molecule has 0 saturated heterocycles. The minimum Gasteiger partial charge on any atom is -0.352 e. The Kier molecular flexibility index (Phi) is 5.32. The lowest BCUT2D eigenvalue weighted by Crippen LogP contribution is -2.25. The van der Waals surface area contributed by atoms with E-state index in [1.165, 1.54) is 6.07 Å². The number of aryl methyl sites for hydroxylation is 1. The molecule has 1 aromatic carbocycles. The van der Waals surface area contributed by atoms with E-state index in [1.807, 2.05) is 29.8 Å². The quantitative estimate of drug-likeness (QED) is 0.619. The lowest BCUT2D eigenvalue weighted by atomic mass is 10.2. The molecule has 154 valence electrons. The van der Waals surface area contributed by atoms with E-state index >= 15 is 0 Å². The van der Waals surface area contributed by atoms with Gasteiger partial charge in [-0.15, -0.1) is 0 Å². The summed E-state index contributed by atoms with van der Waals surface area (Å²) in [6.07, 6.45) is 5.36. The highest BCUT2D eigenvalue weighted by molar-refractivity contribution is 7.90. The third kappa shape index (κ3) is 4.08. The van der Waals surface area contributed by atoms with Crippen LogP contribution in [0.5, 0.6) is 0 Å².